The van der Waals surface area contributed by atoms with Crippen molar-refractivity contribution in [2.24, 2.45) is 0 Å². The van der Waals surface area contributed by atoms with Gasteiger partial charge in [0.2, 0.25) is 0 Å². The molecule has 0 atom stereocenters. The molecule has 0 aromatic heterocycles. The lowest BCUT2D eigenvalue weighted by Crippen LogP contribution is -2.52. The van der Waals surface area contributed by atoms with Gasteiger partial charge in [-0.2, -0.15) is 0 Å². The van der Waals surface area contributed by atoms with Crippen LogP contribution in [0.2, 0.25) is 0 Å². The zero-order valence-corrected chi connectivity index (χ0v) is 12.2. The van der Waals surface area contributed by atoms with Crippen molar-refractivity contribution in [3.05, 3.63) is 34.3 Å². The molecule has 1 fully saturated rings. The molecule has 1 N–H and O–H groups in total. The lowest BCUT2D eigenvalue weighted by atomic mass is 10.2. The van der Waals surface area contributed by atoms with E-state index in [9.17, 15) is 14.4 Å². The molecule has 20 heavy (non-hydrogen) atoms. The van der Waals surface area contributed by atoms with E-state index in [2.05, 4.69) is 15.9 Å². The van der Waals surface area contributed by atoms with Gasteiger partial charge < -0.3 is 14.9 Å². The summed E-state index contributed by atoms with van der Waals surface area (Å²) in [6.07, 6.45) is 0. The number of aliphatic carboxylic acids is 1. The Hall–Kier alpha value is -1.89. The lowest BCUT2D eigenvalue weighted by Gasteiger charge is -2.33. The molecule has 2 rings (SSSR count). The van der Waals surface area contributed by atoms with Crippen LogP contribution in [0.25, 0.3) is 0 Å². The summed E-state index contributed by atoms with van der Waals surface area (Å²) in [5.41, 5.74) is 0.567. The maximum atomic E-state index is 12.2. The van der Waals surface area contributed by atoms with E-state index < -0.39 is 11.9 Å². The molecule has 7 heteroatoms. The first kappa shape index (κ1) is 14.5. The first-order valence-corrected chi connectivity index (χ1v) is 6.85. The van der Waals surface area contributed by atoms with Crippen LogP contribution in [0.15, 0.2) is 28.7 Å². The van der Waals surface area contributed by atoms with Crippen molar-refractivity contribution in [3.63, 3.8) is 0 Å². The highest BCUT2D eigenvalue weighted by molar-refractivity contribution is 9.10. The van der Waals surface area contributed by atoms with Gasteiger partial charge in [-0.05, 0) is 18.2 Å². The van der Waals surface area contributed by atoms with Crippen molar-refractivity contribution in [2.45, 2.75) is 0 Å². The Labute approximate surface area is 124 Å². The van der Waals surface area contributed by atoms with E-state index in [-0.39, 0.29) is 19.0 Å². The van der Waals surface area contributed by atoms with Gasteiger partial charge in [-0.15, -0.1) is 0 Å². The zero-order chi connectivity index (χ0) is 14.7. The van der Waals surface area contributed by atoms with Crippen LogP contribution in [0.3, 0.4) is 0 Å². The summed E-state index contributed by atoms with van der Waals surface area (Å²) >= 11 is 3.31. The summed E-state index contributed by atoms with van der Waals surface area (Å²) in [5.74, 6) is -2.50. The molecule has 6 nitrogen and oxygen atoms in total. The van der Waals surface area contributed by atoms with E-state index in [0.717, 1.165) is 4.47 Å². The summed E-state index contributed by atoms with van der Waals surface area (Å²) in [5, 5.41) is 8.64. The number of carboxylic acids is 1. The molecule has 1 aliphatic heterocycles. The van der Waals surface area contributed by atoms with Crippen molar-refractivity contribution in [3.8, 4) is 0 Å². The minimum Gasteiger partial charge on any atom is -0.474 e. The minimum absolute atomic E-state index is 0.117. The van der Waals surface area contributed by atoms with Gasteiger partial charge in [0.1, 0.15) is 0 Å². The Kier molecular flexibility index (Phi) is 4.39. The highest BCUT2D eigenvalue weighted by atomic mass is 79.9. The maximum Gasteiger partial charge on any atom is 0.394 e. The summed E-state index contributed by atoms with van der Waals surface area (Å²) in [4.78, 5) is 37.0. The smallest absolute Gasteiger partial charge is 0.394 e. The normalized spacial score (nSPS) is 15.1. The highest BCUT2D eigenvalue weighted by Crippen LogP contribution is 2.14. The lowest BCUT2D eigenvalue weighted by molar-refractivity contribution is -0.156. The number of halogens is 1. The second-order valence-corrected chi connectivity index (χ2v) is 5.32. The maximum absolute atomic E-state index is 12.2. The summed E-state index contributed by atoms with van der Waals surface area (Å²) in [6, 6.07) is 7.07. The van der Waals surface area contributed by atoms with Gasteiger partial charge in [-0.25, -0.2) is 4.79 Å². The van der Waals surface area contributed by atoms with Crippen molar-refractivity contribution >= 4 is 33.7 Å². The van der Waals surface area contributed by atoms with E-state index in [1.807, 2.05) is 6.07 Å². The molecular formula is C13H13BrN2O4. The Morgan fingerprint density at radius 2 is 1.65 bits per heavy atom. The van der Waals surface area contributed by atoms with E-state index in [1.165, 1.54) is 4.90 Å². The van der Waals surface area contributed by atoms with Crippen LogP contribution in [0.4, 0.5) is 0 Å². The molecule has 1 aromatic carbocycles. The minimum atomic E-state index is -1.46. The number of amides is 2. The molecule has 1 saturated heterocycles. The first-order valence-electron chi connectivity index (χ1n) is 6.06. The topological polar surface area (TPSA) is 77.9 Å². The van der Waals surface area contributed by atoms with Gasteiger partial charge in [-0.1, -0.05) is 22.0 Å². The third kappa shape index (κ3) is 3.16. The fourth-order valence-corrected chi connectivity index (χ4v) is 2.45. The SMILES string of the molecule is O=C(O)C(=O)N1CCN(C(=O)c2cccc(Br)c2)CC1. The Balaban J connectivity index is 1.99. The predicted molar refractivity (Wildman–Crippen MR) is 74.3 cm³/mol. The predicted octanol–water partition coefficient (Wildman–Crippen LogP) is 0.818. The third-order valence-electron chi connectivity index (χ3n) is 3.11. The van der Waals surface area contributed by atoms with Crippen LogP contribution in [0.5, 0.6) is 0 Å². The van der Waals surface area contributed by atoms with Crippen LogP contribution in [0, 0.1) is 0 Å². The van der Waals surface area contributed by atoms with Gasteiger partial charge >= 0.3 is 11.9 Å². The molecule has 0 aliphatic carbocycles. The largest absolute Gasteiger partial charge is 0.474 e. The number of piperazine rings is 1. The first-order chi connectivity index (χ1) is 9.49. The third-order valence-corrected chi connectivity index (χ3v) is 3.60. The van der Waals surface area contributed by atoms with Crippen LogP contribution >= 0.6 is 15.9 Å². The highest BCUT2D eigenvalue weighted by Gasteiger charge is 2.27. The second kappa shape index (κ2) is 6.04. The number of carbonyl (C=O) groups excluding carboxylic acids is 2. The summed E-state index contributed by atoms with van der Waals surface area (Å²) < 4.78 is 0.822. The number of carboxylic acid groups (broad SMARTS) is 1. The monoisotopic (exact) mass is 340 g/mol. The quantitative estimate of drug-likeness (QED) is 0.767. The van der Waals surface area contributed by atoms with Gasteiger partial charge in [0.15, 0.2) is 0 Å². The molecule has 1 aliphatic rings. The van der Waals surface area contributed by atoms with Crippen LogP contribution in [-0.4, -0.2) is 58.9 Å². The van der Waals surface area contributed by atoms with Crippen molar-refractivity contribution in [1.29, 1.82) is 0 Å². The average molecular weight is 341 g/mol. The van der Waals surface area contributed by atoms with Gasteiger partial charge in [0, 0.05) is 36.2 Å². The fourth-order valence-electron chi connectivity index (χ4n) is 2.05. The Morgan fingerprint density at radius 3 is 2.20 bits per heavy atom. The molecule has 0 spiro atoms. The van der Waals surface area contributed by atoms with Crippen molar-refractivity contribution in [1.82, 2.24) is 9.80 Å². The molecule has 0 saturated carbocycles. The van der Waals surface area contributed by atoms with Crippen LogP contribution in [0.1, 0.15) is 10.4 Å². The summed E-state index contributed by atoms with van der Waals surface area (Å²) in [6.45, 7) is 1.16. The van der Waals surface area contributed by atoms with E-state index >= 15 is 0 Å². The number of hydrogen-bond donors (Lipinski definition) is 1. The average Bonchev–Trinajstić information content (AvgIpc) is 2.46. The summed E-state index contributed by atoms with van der Waals surface area (Å²) in [7, 11) is 0. The number of hydrogen-bond acceptors (Lipinski definition) is 3. The van der Waals surface area contributed by atoms with Crippen LogP contribution in [-0.2, 0) is 9.59 Å². The van der Waals surface area contributed by atoms with E-state index in [1.54, 1.807) is 23.1 Å². The standard InChI is InChI=1S/C13H13BrN2O4/c14-10-3-1-2-9(8-10)11(17)15-4-6-16(7-5-15)12(18)13(19)20/h1-3,8H,4-7H2,(H,19,20). The molecule has 1 heterocycles. The van der Waals surface area contributed by atoms with Gasteiger partial charge in [-0.3, -0.25) is 9.59 Å². The van der Waals surface area contributed by atoms with Gasteiger partial charge in [0.05, 0.1) is 0 Å². The molecule has 1 aromatic rings. The van der Waals surface area contributed by atoms with Crippen molar-refractivity contribution < 1.29 is 19.5 Å². The van der Waals surface area contributed by atoms with Crippen molar-refractivity contribution in [2.75, 3.05) is 26.2 Å². The fraction of sp³-hybridized carbons (Fsp3) is 0.308. The van der Waals surface area contributed by atoms with Gasteiger partial charge in [0.25, 0.3) is 5.91 Å². The van der Waals surface area contributed by atoms with E-state index in [4.69, 9.17) is 5.11 Å². The second-order valence-electron chi connectivity index (χ2n) is 4.40. The molecule has 0 bridgehead atoms. The number of benzene rings is 1. The molecular weight excluding hydrogens is 328 g/mol. The number of rotatable bonds is 1. The van der Waals surface area contributed by atoms with E-state index in [0.29, 0.717) is 18.7 Å². The molecule has 0 radical (unpaired) electrons. The molecule has 2 amide bonds. The van der Waals surface area contributed by atoms with Crippen LogP contribution < -0.4 is 0 Å². The zero-order valence-electron chi connectivity index (χ0n) is 10.6. The molecule has 0 unspecified atom stereocenters. The Morgan fingerprint density at radius 1 is 1.05 bits per heavy atom. The number of carbonyl (C=O) groups is 3. The number of nitrogens with zero attached hydrogens (tertiary/aromatic N) is 2. The Bertz CT molecular complexity index is 553. The molecule has 106 valence electrons.